The van der Waals surface area contributed by atoms with Gasteiger partial charge in [-0.15, -0.1) is 11.3 Å². The highest BCUT2D eigenvalue weighted by atomic mass is 35.5. The molecule has 2 rings (SSSR count). The van der Waals surface area contributed by atoms with Gasteiger partial charge in [0.15, 0.2) is 16.0 Å². The van der Waals surface area contributed by atoms with E-state index in [1.54, 1.807) is 24.4 Å². The number of aliphatic carboxylic acids is 1. The van der Waals surface area contributed by atoms with Crippen molar-refractivity contribution in [2.45, 2.75) is 19.1 Å². The third-order valence-corrected chi connectivity index (χ3v) is 3.99. The van der Waals surface area contributed by atoms with E-state index in [9.17, 15) is 4.79 Å². The summed E-state index contributed by atoms with van der Waals surface area (Å²) >= 11 is 7.10. The van der Waals surface area contributed by atoms with E-state index in [1.807, 2.05) is 0 Å². The van der Waals surface area contributed by atoms with Gasteiger partial charge in [0.25, 0.3) is 0 Å². The number of benzene rings is 1. The number of aromatic nitrogens is 1. The second-order valence-corrected chi connectivity index (χ2v) is 6.18. The Labute approximate surface area is 136 Å². The Hall–Kier alpha value is -1.83. The molecule has 0 amide bonds. The molecule has 1 atom stereocenters. The van der Waals surface area contributed by atoms with Crippen LogP contribution < -0.4 is 15.2 Å². The average molecular weight is 343 g/mol. The summed E-state index contributed by atoms with van der Waals surface area (Å²) < 4.78 is 11.4. The van der Waals surface area contributed by atoms with Gasteiger partial charge in [-0.05, 0) is 17.7 Å². The number of nitrogens with two attached hydrogens (primary N) is 1. The standard InChI is InChI=1S/C14H15ClN2O4S/c1-20-12-4-8(10(16)5-13(18)19)2-3-11(12)21-7-9-6-17-14(15)22-9/h2-4,6,10H,5,7,16H2,1H3,(H,18,19)/t10-/m1/s1. The first-order valence-corrected chi connectivity index (χ1v) is 7.57. The van der Waals surface area contributed by atoms with Crippen LogP contribution in [-0.4, -0.2) is 23.2 Å². The smallest absolute Gasteiger partial charge is 0.305 e. The highest BCUT2D eigenvalue weighted by molar-refractivity contribution is 7.15. The number of hydrogen-bond donors (Lipinski definition) is 2. The average Bonchev–Trinajstić information content (AvgIpc) is 2.89. The highest BCUT2D eigenvalue weighted by Crippen LogP contribution is 2.31. The topological polar surface area (TPSA) is 94.7 Å². The lowest BCUT2D eigenvalue weighted by Gasteiger charge is -2.14. The molecule has 1 heterocycles. The fraction of sp³-hybridized carbons (Fsp3) is 0.286. The van der Waals surface area contributed by atoms with Crippen molar-refractivity contribution < 1.29 is 19.4 Å². The molecule has 0 aliphatic carbocycles. The maximum Gasteiger partial charge on any atom is 0.305 e. The van der Waals surface area contributed by atoms with Crippen LogP contribution >= 0.6 is 22.9 Å². The molecule has 6 nitrogen and oxygen atoms in total. The van der Waals surface area contributed by atoms with Crippen LogP contribution in [0.1, 0.15) is 22.9 Å². The predicted octanol–water partition coefficient (Wildman–Crippen LogP) is 2.86. The summed E-state index contributed by atoms with van der Waals surface area (Å²) in [5, 5.41) is 8.79. The van der Waals surface area contributed by atoms with Crippen molar-refractivity contribution in [1.29, 1.82) is 0 Å². The van der Waals surface area contributed by atoms with Crippen LogP contribution in [0.5, 0.6) is 11.5 Å². The first-order chi connectivity index (χ1) is 10.5. The summed E-state index contributed by atoms with van der Waals surface area (Å²) in [7, 11) is 1.51. The minimum Gasteiger partial charge on any atom is -0.493 e. The number of carbonyl (C=O) groups is 1. The quantitative estimate of drug-likeness (QED) is 0.803. The van der Waals surface area contributed by atoms with Crippen molar-refractivity contribution >= 4 is 28.9 Å². The van der Waals surface area contributed by atoms with Gasteiger partial charge in [0, 0.05) is 12.2 Å². The fourth-order valence-electron chi connectivity index (χ4n) is 1.84. The highest BCUT2D eigenvalue weighted by Gasteiger charge is 2.14. The first kappa shape index (κ1) is 16.5. The second-order valence-electron chi connectivity index (χ2n) is 4.48. The van der Waals surface area contributed by atoms with Crippen molar-refractivity contribution in [3.8, 4) is 11.5 Å². The van der Waals surface area contributed by atoms with E-state index in [-0.39, 0.29) is 6.42 Å². The van der Waals surface area contributed by atoms with Crippen molar-refractivity contribution in [2.24, 2.45) is 5.73 Å². The Morgan fingerprint density at radius 2 is 2.27 bits per heavy atom. The zero-order valence-corrected chi connectivity index (χ0v) is 13.4. The largest absolute Gasteiger partial charge is 0.493 e. The van der Waals surface area contributed by atoms with Gasteiger partial charge in [0.05, 0.1) is 18.4 Å². The van der Waals surface area contributed by atoms with E-state index in [2.05, 4.69) is 4.98 Å². The number of carboxylic acids is 1. The molecule has 0 saturated heterocycles. The Morgan fingerprint density at radius 1 is 1.50 bits per heavy atom. The number of carboxylic acid groups (broad SMARTS) is 1. The molecule has 0 bridgehead atoms. The number of halogens is 1. The molecule has 0 unspecified atom stereocenters. The van der Waals surface area contributed by atoms with Crippen LogP contribution in [0.15, 0.2) is 24.4 Å². The number of ether oxygens (including phenoxy) is 2. The minimum absolute atomic E-state index is 0.150. The Kier molecular flexibility index (Phi) is 5.59. The van der Waals surface area contributed by atoms with Gasteiger partial charge in [-0.25, -0.2) is 4.98 Å². The summed E-state index contributed by atoms with van der Waals surface area (Å²) in [6.45, 7) is 0.321. The molecule has 22 heavy (non-hydrogen) atoms. The minimum atomic E-state index is -0.950. The van der Waals surface area contributed by atoms with Crippen molar-refractivity contribution in [3.05, 3.63) is 39.3 Å². The van der Waals surface area contributed by atoms with Crippen molar-refractivity contribution in [3.63, 3.8) is 0 Å². The van der Waals surface area contributed by atoms with Gasteiger partial charge in [-0.3, -0.25) is 4.79 Å². The normalized spacial score (nSPS) is 12.0. The monoisotopic (exact) mass is 342 g/mol. The van der Waals surface area contributed by atoms with Gasteiger partial charge in [-0.1, -0.05) is 17.7 Å². The van der Waals surface area contributed by atoms with Crippen LogP contribution in [0, 0.1) is 0 Å². The molecular formula is C14H15ClN2O4S. The molecular weight excluding hydrogens is 328 g/mol. The van der Waals surface area contributed by atoms with Gasteiger partial charge < -0.3 is 20.3 Å². The lowest BCUT2D eigenvalue weighted by molar-refractivity contribution is -0.137. The van der Waals surface area contributed by atoms with Crippen LogP contribution in [0.2, 0.25) is 4.47 Å². The molecule has 118 valence electrons. The number of thiazole rings is 1. The van der Waals surface area contributed by atoms with E-state index >= 15 is 0 Å². The number of methoxy groups -OCH3 is 1. The van der Waals surface area contributed by atoms with Crippen LogP contribution in [-0.2, 0) is 11.4 Å². The summed E-state index contributed by atoms with van der Waals surface area (Å²) in [6, 6.07) is 4.52. The molecule has 0 saturated carbocycles. The van der Waals surface area contributed by atoms with E-state index < -0.39 is 12.0 Å². The summed E-state index contributed by atoms with van der Waals surface area (Å²) in [5.74, 6) is 0.0844. The summed E-state index contributed by atoms with van der Waals surface area (Å²) in [6.07, 6.45) is 1.50. The third kappa shape index (κ3) is 4.33. The molecule has 1 aromatic carbocycles. The van der Waals surface area contributed by atoms with E-state index in [4.69, 9.17) is 31.9 Å². The molecule has 2 aromatic rings. The van der Waals surface area contributed by atoms with Gasteiger partial charge in [0.1, 0.15) is 6.61 Å². The van der Waals surface area contributed by atoms with E-state index in [1.165, 1.54) is 18.4 Å². The molecule has 0 aliphatic heterocycles. The van der Waals surface area contributed by atoms with Crippen LogP contribution in [0.3, 0.4) is 0 Å². The molecule has 3 N–H and O–H groups in total. The lowest BCUT2D eigenvalue weighted by atomic mass is 10.0. The Morgan fingerprint density at radius 3 is 2.86 bits per heavy atom. The van der Waals surface area contributed by atoms with Crippen molar-refractivity contribution in [1.82, 2.24) is 4.98 Å². The van der Waals surface area contributed by atoms with Crippen molar-refractivity contribution in [2.75, 3.05) is 7.11 Å². The maximum absolute atomic E-state index is 10.7. The van der Waals surface area contributed by atoms with Crippen LogP contribution in [0.25, 0.3) is 0 Å². The van der Waals surface area contributed by atoms with E-state index in [0.29, 0.717) is 28.1 Å². The molecule has 0 aliphatic rings. The SMILES string of the molecule is COc1cc([C@H](N)CC(=O)O)ccc1OCc1cnc(Cl)s1. The van der Waals surface area contributed by atoms with Crippen LogP contribution in [0.4, 0.5) is 0 Å². The number of rotatable bonds is 7. The predicted molar refractivity (Wildman–Crippen MR) is 83.6 cm³/mol. The second kappa shape index (κ2) is 7.44. The zero-order valence-electron chi connectivity index (χ0n) is 11.8. The van der Waals surface area contributed by atoms with Gasteiger partial charge in [-0.2, -0.15) is 0 Å². The summed E-state index contributed by atoms with van der Waals surface area (Å²) in [4.78, 5) is 15.5. The fourth-order valence-corrected chi connectivity index (χ4v) is 2.73. The molecule has 0 spiro atoms. The number of nitrogens with zero attached hydrogens (tertiary/aromatic N) is 1. The first-order valence-electron chi connectivity index (χ1n) is 6.38. The molecule has 0 radical (unpaired) electrons. The Balaban J connectivity index is 2.10. The lowest BCUT2D eigenvalue weighted by Crippen LogP contribution is -2.15. The molecule has 1 aromatic heterocycles. The molecule has 0 fully saturated rings. The maximum atomic E-state index is 10.7. The zero-order chi connectivity index (χ0) is 16.1. The summed E-state index contributed by atoms with van der Waals surface area (Å²) in [5.41, 5.74) is 6.51. The van der Waals surface area contributed by atoms with Gasteiger partial charge in [0.2, 0.25) is 0 Å². The number of hydrogen-bond acceptors (Lipinski definition) is 6. The molecule has 8 heteroatoms. The Bertz CT molecular complexity index is 662. The third-order valence-electron chi connectivity index (χ3n) is 2.91. The van der Waals surface area contributed by atoms with Gasteiger partial charge >= 0.3 is 5.97 Å². The van der Waals surface area contributed by atoms with E-state index in [0.717, 1.165) is 4.88 Å².